The van der Waals surface area contributed by atoms with Gasteiger partial charge in [-0.2, -0.15) is 4.39 Å². The zero-order valence-corrected chi connectivity index (χ0v) is 20.1. The van der Waals surface area contributed by atoms with E-state index in [1.54, 1.807) is 12.1 Å². The number of halogens is 2. The Labute approximate surface area is 189 Å². The number of rotatable bonds is 10. The molecule has 2 fully saturated rings. The van der Waals surface area contributed by atoms with Crippen LogP contribution in [0.4, 0.5) is 8.78 Å². The smallest absolute Gasteiger partial charge is 0.200 e. The number of hydrogen-bond acceptors (Lipinski definition) is 1. The third kappa shape index (κ3) is 6.68. The fraction of sp³-hybridized carbons (Fsp3) is 0.786. The lowest BCUT2D eigenvalue weighted by molar-refractivity contribution is 0.155. The minimum Gasteiger partial charge on any atom is -0.488 e. The van der Waals surface area contributed by atoms with Crippen molar-refractivity contribution in [1.29, 1.82) is 0 Å². The number of benzene rings is 1. The monoisotopic (exact) mass is 434 g/mol. The summed E-state index contributed by atoms with van der Waals surface area (Å²) in [6, 6.07) is 3.44. The molecule has 2 saturated carbocycles. The van der Waals surface area contributed by atoms with Crippen LogP contribution < -0.4 is 4.74 Å². The lowest BCUT2D eigenvalue weighted by Gasteiger charge is -2.38. The Morgan fingerprint density at radius 3 is 2.10 bits per heavy atom. The summed E-state index contributed by atoms with van der Waals surface area (Å²) >= 11 is 0. The minimum absolute atomic E-state index is 0.0720. The maximum atomic E-state index is 14.9. The van der Waals surface area contributed by atoms with Gasteiger partial charge in [-0.3, -0.25) is 0 Å². The number of hydrogen-bond donors (Lipinski definition) is 0. The highest BCUT2D eigenvalue weighted by Crippen LogP contribution is 2.45. The Bertz CT molecular complexity index is 657. The normalized spacial score (nSPS) is 27.8. The molecule has 0 spiro atoms. The van der Waals surface area contributed by atoms with Gasteiger partial charge in [0, 0.05) is 0 Å². The zero-order valence-electron chi connectivity index (χ0n) is 20.1. The molecule has 2 aliphatic rings. The molecule has 0 bridgehead atoms. The molecule has 31 heavy (non-hydrogen) atoms. The van der Waals surface area contributed by atoms with E-state index in [2.05, 4.69) is 13.8 Å². The summed E-state index contributed by atoms with van der Waals surface area (Å²) in [5.74, 6) is 1.35. The highest BCUT2D eigenvalue weighted by molar-refractivity contribution is 5.33. The second kappa shape index (κ2) is 12.2. The van der Waals surface area contributed by atoms with Crippen LogP contribution in [0.3, 0.4) is 0 Å². The molecule has 1 aromatic rings. The van der Waals surface area contributed by atoms with Gasteiger partial charge in [0.25, 0.3) is 0 Å². The van der Waals surface area contributed by atoms with Crippen molar-refractivity contribution >= 4 is 0 Å². The molecule has 1 nitrogen and oxygen atoms in total. The molecule has 0 amide bonds. The van der Waals surface area contributed by atoms with Gasteiger partial charge in [-0.1, -0.05) is 58.4 Å². The molecule has 0 N–H and O–H groups in total. The van der Waals surface area contributed by atoms with Crippen LogP contribution in [0.15, 0.2) is 12.1 Å². The summed E-state index contributed by atoms with van der Waals surface area (Å²) in [6.45, 7) is 6.39. The Morgan fingerprint density at radius 1 is 0.839 bits per heavy atom. The average Bonchev–Trinajstić information content (AvgIpc) is 2.78. The van der Waals surface area contributed by atoms with Crippen molar-refractivity contribution in [3.8, 4) is 5.75 Å². The van der Waals surface area contributed by atoms with E-state index in [-0.39, 0.29) is 17.8 Å². The molecule has 3 rings (SSSR count). The third-order valence-electron chi connectivity index (χ3n) is 8.09. The zero-order chi connectivity index (χ0) is 22.2. The van der Waals surface area contributed by atoms with Crippen LogP contribution in [0.1, 0.15) is 122 Å². The summed E-state index contributed by atoms with van der Waals surface area (Å²) < 4.78 is 35.4. The fourth-order valence-electron chi connectivity index (χ4n) is 6.17. The SMILES string of the molecule is CCCCC[C@@H](C)Oc1ccc(C2CCC(C3CCC(CCC)CC3)CC2)c(F)c1F. The van der Waals surface area contributed by atoms with Gasteiger partial charge in [-0.25, -0.2) is 4.39 Å². The van der Waals surface area contributed by atoms with Crippen LogP contribution in [-0.4, -0.2) is 6.10 Å². The van der Waals surface area contributed by atoms with Crippen molar-refractivity contribution in [1.82, 2.24) is 0 Å². The average molecular weight is 435 g/mol. The summed E-state index contributed by atoms with van der Waals surface area (Å²) in [4.78, 5) is 0. The summed E-state index contributed by atoms with van der Waals surface area (Å²) in [7, 11) is 0. The predicted octanol–water partition coefficient (Wildman–Crippen LogP) is 9.19. The van der Waals surface area contributed by atoms with Crippen LogP contribution in [0.2, 0.25) is 0 Å². The van der Waals surface area contributed by atoms with E-state index in [9.17, 15) is 8.78 Å². The highest BCUT2D eigenvalue weighted by Gasteiger charge is 2.32. The van der Waals surface area contributed by atoms with Gasteiger partial charge in [0.2, 0.25) is 5.82 Å². The highest BCUT2D eigenvalue weighted by atomic mass is 19.2. The molecular formula is C28H44F2O. The molecule has 1 atom stereocenters. The van der Waals surface area contributed by atoms with Crippen LogP contribution in [0, 0.1) is 29.4 Å². The molecule has 3 heteroatoms. The molecule has 2 aliphatic carbocycles. The molecule has 1 aromatic carbocycles. The lowest BCUT2D eigenvalue weighted by Crippen LogP contribution is -2.25. The van der Waals surface area contributed by atoms with Crippen molar-refractivity contribution < 1.29 is 13.5 Å². The van der Waals surface area contributed by atoms with Gasteiger partial charge in [0.15, 0.2) is 11.6 Å². The van der Waals surface area contributed by atoms with Gasteiger partial charge < -0.3 is 4.74 Å². The van der Waals surface area contributed by atoms with E-state index in [1.807, 2.05) is 6.92 Å². The molecular weight excluding hydrogens is 390 g/mol. The molecule has 0 unspecified atom stereocenters. The molecule has 0 heterocycles. The van der Waals surface area contributed by atoms with Gasteiger partial charge in [0.05, 0.1) is 6.10 Å². The lowest BCUT2D eigenvalue weighted by atomic mass is 9.68. The van der Waals surface area contributed by atoms with E-state index in [0.29, 0.717) is 5.56 Å². The molecule has 0 saturated heterocycles. The van der Waals surface area contributed by atoms with Crippen molar-refractivity contribution in [3.05, 3.63) is 29.3 Å². The van der Waals surface area contributed by atoms with Crippen molar-refractivity contribution in [3.63, 3.8) is 0 Å². The maximum Gasteiger partial charge on any atom is 0.200 e. The van der Waals surface area contributed by atoms with Gasteiger partial charge in [-0.05, 0) is 93.6 Å². The third-order valence-corrected chi connectivity index (χ3v) is 8.09. The van der Waals surface area contributed by atoms with Crippen LogP contribution >= 0.6 is 0 Å². The van der Waals surface area contributed by atoms with E-state index in [1.165, 1.54) is 51.4 Å². The topological polar surface area (TPSA) is 9.23 Å². The minimum atomic E-state index is -0.795. The van der Waals surface area contributed by atoms with Crippen molar-refractivity contribution in [2.75, 3.05) is 0 Å². The first-order valence-corrected chi connectivity index (χ1v) is 13.2. The quantitative estimate of drug-likeness (QED) is 0.333. The summed E-state index contributed by atoms with van der Waals surface area (Å²) in [5.41, 5.74) is 0.564. The first-order valence-electron chi connectivity index (χ1n) is 13.2. The summed E-state index contributed by atoms with van der Waals surface area (Å²) in [6.07, 6.45) is 16.7. The van der Waals surface area contributed by atoms with E-state index in [4.69, 9.17) is 4.74 Å². The second-order valence-corrected chi connectivity index (χ2v) is 10.4. The first kappa shape index (κ1) is 24.5. The van der Waals surface area contributed by atoms with E-state index in [0.717, 1.165) is 56.3 Å². The second-order valence-electron chi connectivity index (χ2n) is 10.4. The van der Waals surface area contributed by atoms with Gasteiger partial charge in [-0.15, -0.1) is 0 Å². The Morgan fingerprint density at radius 2 is 1.48 bits per heavy atom. The first-order chi connectivity index (χ1) is 15.0. The molecule has 0 aliphatic heterocycles. The Hall–Kier alpha value is -1.12. The van der Waals surface area contributed by atoms with Crippen LogP contribution in [0.25, 0.3) is 0 Å². The van der Waals surface area contributed by atoms with Crippen LogP contribution in [-0.2, 0) is 0 Å². The van der Waals surface area contributed by atoms with Crippen LogP contribution in [0.5, 0.6) is 5.75 Å². The molecule has 176 valence electrons. The van der Waals surface area contributed by atoms with Crippen molar-refractivity contribution in [2.24, 2.45) is 17.8 Å². The summed E-state index contributed by atoms with van der Waals surface area (Å²) in [5, 5.41) is 0. The Balaban J connectivity index is 1.52. The van der Waals surface area contributed by atoms with E-state index >= 15 is 0 Å². The Kier molecular flexibility index (Phi) is 9.66. The van der Waals surface area contributed by atoms with Gasteiger partial charge in [0.1, 0.15) is 0 Å². The molecule has 0 aromatic heterocycles. The molecule has 0 radical (unpaired) electrons. The maximum absolute atomic E-state index is 14.9. The predicted molar refractivity (Wildman–Crippen MR) is 126 cm³/mol. The standard InChI is InChI=1S/C28H44F2O/c1-4-6-7-9-20(3)31-26-19-18-25(27(29)28(26)30)24-16-14-23(15-17-24)22-12-10-21(8-5-2)11-13-22/h18-24H,4-17H2,1-3H3/t20-,21?,22?,23?,24?/m1/s1. The number of unbranched alkanes of at least 4 members (excludes halogenated alkanes) is 2. The van der Waals surface area contributed by atoms with Gasteiger partial charge >= 0.3 is 0 Å². The van der Waals surface area contributed by atoms with E-state index < -0.39 is 11.6 Å². The fourth-order valence-corrected chi connectivity index (χ4v) is 6.17. The largest absolute Gasteiger partial charge is 0.488 e. The van der Waals surface area contributed by atoms with Crippen molar-refractivity contribution in [2.45, 2.75) is 123 Å². The number of ether oxygens (including phenoxy) is 1.